The maximum Gasteiger partial charge on any atom is 0.121 e. The number of aliphatic imine (C=N–C) groups is 1. The summed E-state index contributed by atoms with van der Waals surface area (Å²) in [4.78, 5) is 9.75. The van der Waals surface area contributed by atoms with Crippen LogP contribution in [-0.4, -0.2) is 31.1 Å². The standard InChI is InChI=1S/C23H25N3O/c1-13(2)19-10-15(14(3)9-20(19)24)11-22-23-18(7-8-25-22)17-6-5-16(27-4)12-21(17)26-23/h5-6,9-13,23-24H,7-8H2,1-4H3/b15-11-,24-20?. The summed E-state index contributed by atoms with van der Waals surface area (Å²) < 4.78 is 5.35. The molecule has 27 heavy (non-hydrogen) atoms. The third kappa shape index (κ3) is 3.09. The number of rotatable bonds is 3. The van der Waals surface area contributed by atoms with Crippen LogP contribution in [0.3, 0.4) is 0 Å². The average Bonchev–Trinajstić information content (AvgIpc) is 3.02. The fourth-order valence-electron chi connectivity index (χ4n) is 3.95. The van der Waals surface area contributed by atoms with Crippen molar-refractivity contribution in [2.45, 2.75) is 33.2 Å². The lowest BCUT2D eigenvalue weighted by Crippen LogP contribution is -2.26. The van der Waals surface area contributed by atoms with Crippen molar-refractivity contribution in [2.75, 3.05) is 13.7 Å². The van der Waals surface area contributed by atoms with E-state index in [0.29, 0.717) is 11.6 Å². The SMILES string of the molecule is COc1ccc2c(c1)=NC1C(/C=C3/C=C(C(C)C)C(=N)C=C3C)=NCCC=21. The lowest BCUT2D eigenvalue weighted by atomic mass is 9.86. The fraction of sp³-hybridized carbons (Fsp3) is 0.348. The summed E-state index contributed by atoms with van der Waals surface area (Å²) >= 11 is 0. The summed E-state index contributed by atoms with van der Waals surface area (Å²) in [6.07, 6.45) is 7.22. The van der Waals surface area contributed by atoms with E-state index in [9.17, 15) is 0 Å². The van der Waals surface area contributed by atoms with Crippen LogP contribution >= 0.6 is 0 Å². The van der Waals surface area contributed by atoms with Gasteiger partial charge in [0, 0.05) is 17.8 Å². The van der Waals surface area contributed by atoms with Crippen LogP contribution in [0, 0.1) is 11.3 Å². The van der Waals surface area contributed by atoms with Crippen molar-refractivity contribution in [1.29, 1.82) is 5.41 Å². The Hall–Kier alpha value is -2.75. The highest BCUT2D eigenvalue weighted by Crippen LogP contribution is 2.28. The molecule has 0 saturated carbocycles. The number of nitrogens with zero attached hydrogens (tertiary/aromatic N) is 2. The molecule has 1 aromatic carbocycles. The Morgan fingerprint density at radius 1 is 1.26 bits per heavy atom. The Bertz CT molecular complexity index is 1070. The number of benzene rings is 1. The molecule has 4 rings (SSSR count). The van der Waals surface area contributed by atoms with Crippen molar-refractivity contribution >= 4 is 17.0 Å². The highest BCUT2D eigenvalue weighted by molar-refractivity contribution is 6.11. The molecule has 4 nitrogen and oxygen atoms in total. The molecule has 0 bridgehead atoms. The molecule has 1 unspecified atom stereocenters. The molecule has 0 spiro atoms. The van der Waals surface area contributed by atoms with Crippen LogP contribution in [0.4, 0.5) is 0 Å². The second-order valence-corrected chi connectivity index (χ2v) is 7.59. The molecule has 1 N–H and O–H groups in total. The first kappa shape index (κ1) is 17.7. The number of hydrogen-bond acceptors (Lipinski definition) is 4. The first-order chi connectivity index (χ1) is 13.0. The van der Waals surface area contributed by atoms with Gasteiger partial charge in [0.2, 0.25) is 0 Å². The van der Waals surface area contributed by atoms with Crippen molar-refractivity contribution in [3.63, 3.8) is 0 Å². The van der Waals surface area contributed by atoms with Gasteiger partial charge in [-0.3, -0.25) is 9.98 Å². The van der Waals surface area contributed by atoms with Gasteiger partial charge in [-0.15, -0.1) is 0 Å². The number of ether oxygens (including phenoxy) is 1. The Labute approximate surface area is 159 Å². The summed E-state index contributed by atoms with van der Waals surface area (Å²) in [7, 11) is 1.68. The lowest BCUT2D eigenvalue weighted by Gasteiger charge is -2.22. The molecule has 0 fully saturated rings. The number of nitrogens with one attached hydrogen (secondary N) is 1. The van der Waals surface area contributed by atoms with E-state index in [-0.39, 0.29) is 6.04 Å². The van der Waals surface area contributed by atoms with Crippen LogP contribution in [-0.2, 0) is 0 Å². The molecule has 138 valence electrons. The van der Waals surface area contributed by atoms with Gasteiger partial charge in [-0.2, -0.15) is 0 Å². The van der Waals surface area contributed by atoms with Gasteiger partial charge in [0.25, 0.3) is 0 Å². The molecule has 0 amide bonds. The maximum absolute atomic E-state index is 8.22. The highest BCUT2D eigenvalue weighted by Gasteiger charge is 2.27. The average molecular weight is 359 g/mol. The van der Waals surface area contributed by atoms with E-state index < -0.39 is 0 Å². The zero-order valence-corrected chi connectivity index (χ0v) is 16.3. The van der Waals surface area contributed by atoms with E-state index >= 15 is 0 Å². The van der Waals surface area contributed by atoms with E-state index in [2.05, 4.69) is 39.0 Å². The Kier molecular flexibility index (Phi) is 4.42. The molecule has 3 aliphatic rings. The fourth-order valence-corrected chi connectivity index (χ4v) is 3.95. The van der Waals surface area contributed by atoms with Crippen LogP contribution in [0.25, 0.3) is 5.57 Å². The van der Waals surface area contributed by atoms with E-state index in [4.69, 9.17) is 20.1 Å². The molecular formula is C23H25N3O. The zero-order chi connectivity index (χ0) is 19.1. The van der Waals surface area contributed by atoms with Crippen molar-refractivity contribution < 1.29 is 4.74 Å². The molecule has 1 aliphatic carbocycles. The largest absolute Gasteiger partial charge is 0.497 e. The Morgan fingerprint density at radius 2 is 2.07 bits per heavy atom. The van der Waals surface area contributed by atoms with E-state index in [1.807, 2.05) is 18.2 Å². The van der Waals surface area contributed by atoms with Gasteiger partial charge in [-0.25, -0.2) is 0 Å². The van der Waals surface area contributed by atoms with Gasteiger partial charge in [-0.1, -0.05) is 13.8 Å². The lowest BCUT2D eigenvalue weighted by molar-refractivity contribution is 0.414. The van der Waals surface area contributed by atoms with Gasteiger partial charge >= 0.3 is 0 Å². The van der Waals surface area contributed by atoms with Gasteiger partial charge in [0.15, 0.2) is 0 Å². The van der Waals surface area contributed by atoms with E-state index in [0.717, 1.165) is 46.5 Å². The third-order valence-corrected chi connectivity index (χ3v) is 5.47. The van der Waals surface area contributed by atoms with Gasteiger partial charge < -0.3 is 10.1 Å². The molecule has 2 aliphatic heterocycles. The summed E-state index contributed by atoms with van der Waals surface area (Å²) in [5.74, 6) is 1.16. The predicted octanol–water partition coefficient (Wildman–Crippen LogP) is 3.18. The maximum atomic E-state index is 8.22. The number of allylic oxidation sites excluding steroid dienone is 5. The Morgan fingerprint density at radius 3 is 2.81 bits per heavy atom. The summed E-state index contributed by atoms with van der Waals surface area (Å²) in [6.45, 7) is 7.12. The summed E-state index contributed by atoms with van der Waals surface area (Å²) in [5.41, 5.74) is 6.30. The Balaban J connectivity index is 1.76. The molecule has 1 aromatic rings. The smallest absolute Gasteiger partial charge is 0.121 e. The highest BCUT2D eigenvalue weighted by atomic mass is 16.5. The van der Waals surface area contributed by atoms with E-state index in [1.54, 1.807) is 7.11 Å². The molecule has 0 saturated heterocycles. The minimum Gasteiger partial charge on any atom is -0.497 e. The molecular weight excluding hydrogens is 334 g/mol. The zero-order valence-electron chi connectivity index (χ0n) is 16.3. The minimum absolute atomic E-state index is 0.00145. The summed E-state index contributed by atoms with van der Waals surface area (Å²) in [5, 5.41) is 10.4. The molecule has 1 atom stereocenters. The van der Waals surface area contributed by atoms with Crippen LogP contribution in [0.15, 0.2) is 63.1 Å². The third-order valence-electron chi connectivity index (χ3n) is 5.47. The predicted molar refractivity (Wildman–Crippen MR) is 110 cm³/mol. The quantitative estimate of drug-likeness (QED) is 0.885. The van der Waals surface area contributed by atoms with E-state index in [1.165, 1.54) is 10.8 Å². The topological polar surface area (TPSA) is 57.8 Å². The van der Waals surface area contributed by atoms with Gasteiger partial charge in [-0.05, 0) is 71.9 Å². The van der Waals surface area contributed by atoms with Crippen molar-refractivity contribution in [2.24, 2.45) is 15.9 Å². The first-order valence-electron chi connectivity index (χ1n) is 9.48. The van der Waals surface area contributed by atoms with Crippen molar-refractivity contribution in [1.82, 2.24) is 0 Å². The first-order valence-corrected chi connectivity index (χ1v) is 9.48. The molecule has 4 heteroatoms. The minimum atomic E-state index is -0.00145. The molecule has 0 radical (unpaired) electrons. The number of methoxy groups -OCH3 is 1. The molecule has 2 heterocycles. The number of fused-ring (bicyclic) bond motifs is 2. The van der Waals surface area contributed by atoms with Gasteiger partial charge in [0.1, 0.15) is 11.8 Å². The van der Waals surface area contributed by atoms with Crippen molar-refractivity contribution in [3.8, 4) is 5.75 Å². The van der Waals surface area contributed by atoms with Crippen molar-refractivity contribution in [3.05, 3.63) is 63.7 Å². The van der Waals surface area contributed by atoms with Crippen LogP contribution in [0.2, 0.25) is 0 Å². The second kappa shape index (κ2) is 6.76. The monoisotopic (exact) mass is 359 g/mol. The molecule has 0 aromatic heterocycles. The number of hydrogen-bond donors (Lipinski definition) is 1. The van der Waals surface area contributed by atoms with Crippen LogP contribution < -0.4 is 15.3 Å². The van der Waals surface area contributed by atoms with Gasteiger partial charge in [0.05, 0.1) is 23.9 Å². The summed E-state index contributed by atoms with van der Waals surface area (Å²) in [6, 6.07) is 6.13. The van der Waals surface area contributed by atoms with Crippen LogP contribution in [0.1, 0.15) is 27.2 Å². The second-order valence-electron chi connectivity index (χ2n) is 7.59. The normalized spacial score (nSPS) is 22.8. The van der Waals surface area contributed by atoms with Crippen LogP contribution in [0.5, 0.6) is 5.75 Å².